The summed E-state index contributed by atoms with van der Waals surface area (Å²) >= 11 is 0. The number of hydrogen-bond donors (Lipinski definition) is 3. The molecule has 0 heterocycles. The summed E-state index contributed by atoms with van der Waals surface area (Å²) in [6, 6.07) is 14.3. The second-order valence-electron chi connectivity index (χ2n) is 6.59. The summed E-state index contributed by atoms with van der Waals surface area (Å²) < 4.78 is 0. The largest absolute Gasteiger partial charge is 0.352 e. The van der Waals surface area contributed by atoms with E-state index < -0.39 is 0 Å². The summed E-state index contributed by atoms with van der Waals surface area (Å²) in [5, 5.41) is 8.31. The Bertz CT molecular complexity index is 831. The third-order valence-electron chi connectivity index (χ3n) is 3.97. The molecule has 0 fully saturated rings. The third kappa shape index (κ3) is 6.26. The van der Waals surface area contributed by atoms with Crippen LogP contribution in [-0.2, 0) is 9.59 Å². The maximum absolute atomic E-state index is 12.1. The molecule has 0 unspecified atom stereocenters. The van der Waals surface area contributed by atoms with Crippen LogP contribution in [0.5, 0.6) is 0 Å². The average molecular weight is 367 g/mol. The standard InChI is InChI=1S/C21H25N3O3/c1-14(2)20(26)24-17-9-6-8-16(13-17)23-19(25)11-12-22-21(27)18-10-5-4-7-15(18)3/h4-10,13-14H,11-12H2,1-3H3,(H,22,27)(H,23,25)(H,24,26). The maximum Gasteiger partial charge on any atom is 0.251 e. The first-order valence-electron chi connectivity index (χ1n) is 8.91. The second kappa shape index (κ2) is 9.52. The van der Waals surface area contributed by atoms with E-state index in [0.29, 0.717) is 16.9 Å². The zero-order valence-corrected chi connectivity index (χ0v) is 15.8. The zero-order valence-electron chi connectivity index (χ0n) is 15.8. The van der Waals surface area contributed by atoms with Crippen molar-refractivity contribution >= 4 is 29.1 Å². The fourth-order valence-corrected chi connectivity index (χ4v) is 2.40. The molecule has 3 amide bonds. The SMILES string of the molecule is Cc1ccccc1C(=O)NCCC(=O)Nc1cccc(NC(=O)C(C)C)c1. The number of rotatable bonds is 7. The summed E-state index contributed by atoms with van der Waals surface area (Å²) in [6.07, 6.45) is 0.153. The Labute approximate surface area is 159 Å². The summed E-state index contributed by atoms with van der Waals surface area (Å²) in [7, 11) is 0. The molecule has 3 N–H and O–H groups in total. The van der Waals surface area contributed by atoms with Crippen molar-refractivity contribution < 1.29 is 14.4 Å². The van der Waals surface area contributed by atoms with Gasteiger partial charge < -0.3 is 16.0 Å². The van der Waals surface area contributed by atoms with Gasteiger partial charge in [-0.1, -0.05) is 38.1 Å². The van der Waals surface area contributed by atoms with Gasteiger partial charge in [0.05, 0.1) is 0 Å². The molecule has 0 aromatic heterocycles. The van der Waals surface area contributed by atoms with E-state index >= 15 is 0 Å². The molecule has 0 atom stereocenters. The van der Waals surface area contributed by atoms with Crippen LogP contribution in [0.4, 0.5) is 11.4 Å². The first kappa shape index (κ1) is 20.2. The predicted octanol–water partition coefficient (Wildman–Crippen LogP) is 3.35. The smallest absolute Gasteiger partial charge is 0.251 e. The Balaban J connectivity index is 1.83. The Morgan fingerprint density at radius 1 is 0.926 bits per heavy atom. The fraction of sp³-hybridized carbons (Fsp3) is 0.286. The Hall–Kier alpha value is -3.15. The molecule has 0 saturated carbocycles. The van der Waals surface area contributed by atoms with Crippen molar-refractivity contribution in [3.63, 3.8) is 0 Å². The van der Waals surface area contributed by atoms with Crippen LogP contribution in [0.15, 0.2) is 48.5 Å². The van der Waals surface area contributed by atoms with Crippen molar-refractivity contribution in [2.24, 2.45) is 5.92 Å². The average Bonchev–Trinajstić information content (AvgIpc) is 2.62. The number of hydrogen-bond acceptors (Lipinski definition) is 3. The van der Waals surface area contributed by atoms with Gasteiger partial charge in [-0.05, 0) is 36.8 Å². The normalized spacial score (nSPS) is 10.4. The number of aryl methyl sites for hydroxylation is 1. The molecule has 2 aromatic rings. The Kier molecular flexibility index (Phi) is 7.11. The number of nitrogens with one attached hydrogen (secondary N) is 3. The fourth-order valence-electron chi connectivity index (χ4n) is 2.40. The van der Waals surface area contributed by atoms with Crippen LogP contribution in [0.2, 0.25) is 0 Å². The molecule has 27 heavy (non-hydrogen) atoms. The van der Waals surface area contributed by atoms with Crippen LogP contribution in [0, 0.1) is 12.8 Å². The molecule has 0 spiro atoms. The van der Waals surface area contributed by atoms with E-state index in [1.165, 1.54) is 0 Å². The highest BCUT2D eigenvalue weighted by Crippen LogP contribution is 2.16. The number of carbonyl (C=O) groups excluding carboxylic acids is 3. The van der Waals surface area contributed by atoms with Crippen LogP contribution in [0.25, 0.3) is 0 Å². The molecule has 0 saturated heterocycles. The van der Waals surface area contributed by atoms with E-state index in [1.807, 2.05) is 32.9 Å². The van der Waals surface area contributed by atoms with Gasteiger partial charge in [0.1, 0.15) is 0 Å². The molecule has 2 aromatic carbocycles. The summed E-state index contributed by atoms with van der Waals surface area (Å²) in [4.78, 5) is 36.0. The lowest BCUT2D eigenvalue weighted by atomic mass is 10.1. The minimum absolute atomic E-state index is 0.0857. The van der Waals surface area contributed by atoms with E-state index in [-0.39, 0.29) is 36.6 Å². The number of amides is 3. The molecule has 142 valence electrons. The highest BCUT2D eigenvalue weighted by atomic mass is 16.2. The summed E-state index contributed by atoms with van der Waals surface area (Å²) in [6.45, 7) is 5.73. The number of carbonyl (C=O) groups is 3. The molecular formula is C21H25N3O3. The van der Waals surface area contributed by atoms with Gasteiger partial charge in [0.15, 0.2) is 0 Å². The van der Waals surface area contributed by atoms with Gasteiger partial charge in [0.25, 0.3) is 5.91 Å². The van der Waals surface area contributed by atoms with E-state index in [9.17, 15) is 14.4 Å². The lowest BCUT2D eigenvalue weighted by molar-refractivity contribution is -0.119. The molecule has 2 rings (SSSR count). The molecule has 0 aliphatic rings. The Morgan fingerprint density at radius 3 is 2.26 bits per heavy atom. The molecule has 0 aliphatic carbocycles. The number of benzene rings is 2. The monoisotopic (exact) mass is 367 g/mol. The van der Waals surface area contributed by atoms with Gasteiger partial charge in [-0.3, -0.25) is 14.4 Å². The minimum Gasteiger partial charge on any atom is -0.352 e. The van der Waals surface area contributed by atoms with Crippen molar-refractivity contribution in [1.29, 1.82) is 0 Å². The Morgan fingerprint density at radius 2 is 1.59 bits per heavy atom. The third-order valence-corrected chi connectivity index (χ3v) is 3.97. The minimum atomic E-state index is -0.215. The number of anilines is 2. The van der Waals surface area contributed by atoms with Crippen molar-refractivity contribution in [1.82, 2.24) is 5.32 Å². The van der Waals surface area contributed by atoms with E-state index in [2.05, 4.69) is 16.0 Å². The second-order valence-corrected chi connectivity index (χ2v) is 6.59. The topological polar surface area (TPSA) is 87.3 Å². The molecular weight excluding hydrogens is 342 g/mol. The van der Waals surface area contributed by atoms with Gasteiger partial charge in [0, 0.05) is 35.8 Å². The lowest BCUT2D eigenvalue weighted by Crippen LogP contribution is -2.28. The van der Waals surface area contributed by atoms with E-state index in [1.54, 1.807) is 36.4 Å². The van der Waals surface area contributed by atoms with E-state index in [0.717, 1.165) is 5.56 Å². The van der Waals surface area contributed by atoms with Gasteiger partial charge in [-0.2, -0.15) is 0 Å². The molecule has 6 nitrogen and oxygen atoms in total. The molecule has 0 radical (unpaired) electrons. The van der Waals surface area contributed by atoms with Crippen molar-refractivity contribution in [2.45, 2.75) is 27.2 Å². The van der Waals surface area contributed by atoms with E-state index in [4.69, 9.17) is 0 Å². The van der Waals surface area contributed by atoms with Crippen molar-refractivity contribution in [2.75, 3.05) is 17.2 Å². The van der Waals surface area contributed by atoms with Crippen molar-refractivity contribution in [3.05, 3.63) is 59.7 Å². The maximum atomic E-state index is 12.1. The highest BCUT2D eigenvalue weighted by Gasteiger charge is 2.10. The van der Waals surface area contributed by atoms with Gasteiger partial charge in [-0.15, -0.1) is 0 Å². The predicted molar refractivity (Wildman–Crippen MR) is 107 cm³/mol. The van der Waals surface area contributed by atoms with Crippen LogP contribution < -0.4 is 16.0 Å². The van der Waals surface area contributed by atoms with Gasteiger partial charge >= 0.3 is 0 Å². The molecule has 0 aliphatic heterocycles. The van der Waals surface area contributed by atoms with Crippen molar-refractivity contribution in [3.8, 4) is 0 Å². The first-order chi connectivity index (χ1) is 12.9. The van der Waals surface area contributed by atoms with Crippen LogP contribution >= 0.6 is 0 Å². The molecule has 0 bridgehead atoms. The van der Waals surface area contributed by atoms with Crippen LogP contribution in [-0.4, -0.2) is 24.3 Å². The van der Waals surface area contributed by atoms with Crippen LogP contribution in [0.3, 0.4) is 0 Å². The summed E-state index contributed by atoms with van der Waals surface area (Å²) in [5.41, 5.74) is 2.71. The van der Waals surface area contributed by atoms with Crippen LogP contribution in [0.1, 0.15) is 36.2 Å². The van der Waals surface area contributed by atoms with Gasteiger partial charge in [0.2, 0.25) is 11.8 Å². The summed E-state index contributed by atoms with van der Waals surface area (Å²) in [5.74, 6) is -0.621. The highest BCUT2D eigenvalue weighted by molar-refractivity contribution is 5.97. The quantitative estimate of drug-likeness (QED) is 0.701. The lowest BCUT2D eigenvalue weighted by Gasteiger charge is -2.11. The molecule has 6 heteroatoms. The zero-order chi connectivity index (χ0) is 19.8. The first-order valence-corrected chi connectivity index (χ1v) is 8.91. The van der Waals surface area contributed by atoms with Gasteiger partial charge in [-0.25, -0.2) is 0 Å².